The van der Waals surface area contributed by atoms with E-state index in [-0.39, 0.29) is 0 Å². The smallest absolute Gasteiger partial charge is 0.129 e. The van der Waals surface area contributed by atoms with Crippen molar-refractivity contribution in [3.8, 4) is 22.4 Å². The molecule has 3 heteroatoms. The van der Waals surface area contributed by atoms with Crippen molar-refractivity contribution in [2.24, 2.45) is 7.05 Å². The van der Waals surface area contributed by atoms with Crippen molar-refractivity contribution < 1.29 is 0 Å². The van der Waals surface area contributed by atoms with Crippen molar-refractivity contribution >= 4 is 5.82 Å². The van der Waals surface area contributed by atoms with Crippen LogP contribution in [0.1, 0.15) is 11.1 Å². The van der Waals surface area contributed by atoms with Crippen molar-refractivity contribution in [2.45, 2.75) is 13.8 Å². The van der Waals surface area contributed by atoms with E-state index < -0.39 is 0 Å². The van der Waals surface area contributed by atoms with Gasteiger partial charge in [-0.05, 0) is 25.0 Å². The average molecular weight is 277 g/mol. The fourth-order valence-electron chi connectivity index (χ4n) is 2.69. The van der Waals surface area contributed by atoms with Gasteiger partial charge in [-0.1, -0.05) is 54.1 Å². The Kier molecular flexibility index (Phi) is 3.26. The first-order valence-electron chi connectivity index (χ1n) is 7.03. The molecule has 3 rings (SSSR count). The predicted molar refractivity (Wildman–Crippen MR) is 88.0 cm³/mol. The lowest BCUT2D eigenvalue weighted by molar-refractivity contribution is 0.782. The summed E-state index contributed by atoms with van der Waals surface area (Å²) in [4.78, 5) is 0. The molecular weight excluding hydrogens is 258 g/mol. The van der Waals surface area contributed by atoms with E-state index in [0.29, 0.717) is 5.82 Å². The third-order valence-electron chi connectivity index (χ3n) is 3.79. The molecule has 0 aliphatic rings. The molecule has 0 saturated heterocycles. The van der Waals surface area contributed by atoms with Gasteiger partial charge in [-0.25, -0.2) is 0 Å². The van der Waals surface area contributed by atoms with E-state index in [0.717, 1.165) is 22.4 Å². The molecule has 0 spiro atoms. The Morgan fingerprint density at radius 1 is 1.00 bits per heavy atom. The van der Waals surface area contributed by atoms with Gasteiger partial charge in [0, 0.05) is 12.6 Å². The quantitative estimate of drug-likeness (QED) is 0.770. The predicted octanol–water partition coefficient (Wildman–Crippen LogP) is 3.95. The second-order valence-corrected chi connectivity index (χ2v) is 5.42. The number of nitrogens with two attached hydrogens (primary N) is 1. The Bertz CT molecular complexity index is 786. The molecule has 106 valence electrons. The van der Waals surface area contributed by atoms with Gasteiger partial charge in [-0.3, -0.25) is 4.68 Å². The summed E-state index contributed by atoms with van der Waals surface area (Å²) < 4.78 is 1.75. The number of anilines is 1. The van der Waals surface area contributed by atoms with E-state index >= 15 is 0 Å². The molecule has 3 aromatic rings. The summed E-state index contributed by atoms with van der Waals surface area (Å²) in [6.07, 6.45) is 0. The zero-order chi connectivity index (χ0) is 15.0. The molecule has 0 aliphatic heterocycles. The number of nitrogens with zero attached hydrogens (tertiary/aromatic N) is 2. The van der Waals surface area contributed by atoms with Crippen LogP contribution < -0.4 is 5.73 Å². The van der Waals surface area contributed by atoms with Gasteiger partial charge in [0.05, 0.1) is 5.56 Å². The molecule has 2 aromatic carbocycles. The van der Waals surface area contributed by atoms with Gasteiger partial charge in [0.2, 0.25) is 0 Å². The van der Waals surface area contributed by atoms with Crippen molar-refractivity contribution in [3.63, 3.8) is 0 Å². The third-order valence-corrected chi connectivity index (χ3v) is 3.79. The monoisotopic (exact) mass is 277 g/mol. The van der Waals surface area contributed by atoms with Crippen LogP contribution in [-0.4, -0.2) is 9.78 Å². The van der Waals surface area contributed by atoms with Crippen LogP contribution in [-0.2, 0) is 7.05 Å². The molecule has 0 atom stereocenters. The summed E-state index contributed by atoms with van der Waals surface area (Å²) in [5.41, 5.74) is 12.9. The summed E-state index contributed by atoms with van der Waals surface area (Å²) >= 11 is 0. The second kappa shape index (κ2) is 5.09. The minimum atomic E-state index is 0.691. The molecule has 0 bridgehead atoms. The molecule has 3 nitrogen and oxygen atoms in total. The first-order valence-corrected chi connectivity index (χ1v) is 7.03. The maximum Gasteiger partial charge on any atom is 0.129 e. The lowest BCUT2D eigenvalue weighted by atomic mass is 9.97. The van der Waals surface area contributed by atoms with Crippen LogP contribution in [0.2, 0.25) is 0 Å². The zero-order valence-electron chi connectivity index (χ0n) is 12.6. The lowest BCUT2D eigenvalue weighted by Gasteiger charge is -2.08. The van der Waals surface area contributed by atoms with Crippen LogP contribution in [0, 0.1) is 13.8 Å². The molecule has 2 N–H and O–H groups in total. The summed E-state index contributed by atoms with van der Waals surface area (Å²) in [6, 6.07) is 16.6. The molecule has 0 fully saturated rings. The number of benzene rings is 2. The first-order chi connectivity index (χ1) is 10.1. The SMILES string of the molecule is Cc1ccc(-c2nn(C)c(N)c2-c2ccccc2)c(C)c1. The maximum absolute atomic E-state index is 6.25. The summed E-state index contributed by atoms with van der Waals surface area (Å²) in [5, 5.41) is 4.64. The van der Waals surface area contributed by atoms with Gasteiger partial charge in [-0.15, -0.1) is 0 Å². The molecule has 0 radical (unpaired) electrons. The Hall–Kier alpha value is -2.55. The summed E-state index contributed by atoms with van der Waals surface area (Å²) in [5.74, 6) is 0.691. The largest absolute Gasteiger partial charge is 0.383 e. The summed E-state index contributed by atoms with van der Waals surface area (Å²) in [7, 11) is 1.88. The van der Waals surface area contributed by atoms with Crippen molar-refractivity contribution in [1.82, 2.24) is 9.78 Å². The van der Waals surface area contributed by atoms with Gasteiger partial charge < -0.3 is 5.73 Å². The van der Waals surface area contributed by atoms with E-state index in [2.05, 4.69) is 49.3 Å². The minimum absolute atomic E-state index is 0.691. The topological polar surface area (TPSA) is 43.8 Å². The number of hydrogen-bond acceptors (Lipinski definition) is 2. The van der Waals surface area contributed by atoms with Crippen LogP contribution >= 0.6 is 0 Å². The van der Waals surface area contributed by atoms with E-state index in [1.165, 1.54) is 11.1 Å². The third kappa shape index (κ3) is 2.31. The molecule has 0 unspecified atom stereocenters. The van der Waals surface area contributed by atoms with Crippen LogP contribution in [0.15, 0.2) is 48.5 Å². The van der Waals surface area contributed by atoms with Crippen LogP contribution in [0.25, 0.3) is 22.4 Å². The molecule has 1 heterocycles. The number of aromatic nitrogens is 2. The van der Waals surface area contributed by atoms with Crippen LogP contribution in [0.5, 0.6) is 0 Å². The van der Waals surface area contributed by atoms with E-state index in [1.807, 2.05) is 25.2 Å². The Morgan fingerprint density at radius 2 is 1.71 bits per heavy atom. The van der Waals surface area contributed by atoms with E-state index in [9.17, 15) is 0 Å². The Morgan fingerprint density at radius 3 is 2.38 bits per heavy atom. The normalized spacial score (nSPS) is 10.8. The summed E-state index contributed by atoms with van der Waals surface area (Å²) in [6.45, 7) is 4.21. The highest BCUT2D eigenvalue weighted by Crippen LogP contribution is 2.37. The average Bonchev–Trinajstić information content (AvgIpc) is 2.75. The molecular formula is C18H19N3. The standard InChI is InChI=1S/C18H19N3/c1-12-9-10-15(13(2)11-12)17-16(18(19)21(3)20-17)14-7-5-4-6-8-14/h4-11H,19H2,1-3H3. The van der Waals surface area contributed by atoms with Crippen LogP contribution in [0.3, 0.4) is 0 Å². The number of hydrogen-bond donors (Lipinski definition) is 1. The highest BCUT2D eigenvalue weighted by Gasteiger charge is 2.18. The van der Waals surface area contributed by atoms with Gasteiger partial charge in [0.25, 0.3) is 0 Å². The fraction of sp³-hybridized carbons (Fsp3) is 0.167. The molecule has 0 aliphatic carbocycles. The molecule has 0 saturated carbocycles. The van der Waals surface area contributed by atoms with E-state index in [4.69, 9.17) is 5.73 Å². The van der Waals surface area contributed by atoms with Gasteiger partial charge in [0.1, 0.15) is 11.5 Å². The molecule has 1 aromatic heterocycles. The van der Waals surface area contributed by atoms with Gasteiger partial charge >= 0.3 is 0 Å². The molecule has 0 amide bonds. The first kappa shape index (κ1) is 13.4. The van der Waals surface area contributed by atoms with Crippen LogP contribution in [0.4, 0.5) is 5.82 Å². The number of aryl methyl sites for hydroxylation is 3. The van der Waals surface area contributed by atoms with Gasteiger partial charge in [0.15, 0.2) is 0 Å². The fourth-order valence-corrected chi connectivity index (χ4v) is 2.69. The Labute approximate surface area is 125 Å². The lowest BCUT2D eigenvalue weighted by Crippen LogP contribution is -1.97. The highest BCUT2D eigenvalue weighted by atomic mass is 15.3. The van der Waals surface area contributed by atoms with Crippen molar-refractivity contribution in [1.29, 1.82) is 0 Å². The highest BCUT2D eigenvalue weighted by molar-refractivity contribution is 5.89. The molecule has 21 heavy (non-hydrogen) atoms. The van der Waals surface area contributed by atoms with Crippen molar-refractivity contribution in [2.75, 3.05) is 5.73 Å². The minimum Gasteiger partial charge on any atom is -0.383 e. The van der Waals surface area contributed by atoms with E-state index in [1.54, 1.807) is 4.68 Å². The number of nitrogen functional groups attached to an aromatic ring is 1. The number of rotatable bonds is 2. The Balaban J connectivity index is 2.27. The maximum atomic E-state index is 6.25. The van der Waals surface area contributed by atoms with Crippen molar-refractivity contribution in [3.05, 3.63) is 59.7 Å². The zero-order valence-corrected chi connectivity index (χ0v) is 12.6. The van der Waals surface area contributed by atoms with Gasteiger partial charge in [-0.2, -0.15) is 5.10 Å². The second-order valence-electron chi connectivity index (χ2n) is 5.42.